The third-order valence-electron chi connectivity index (χ3n) is 4.66. The van der Waals surface area contributed by atoms with Crippen molar-refractivity contribution in [1.29, 1.82) is 0 Å². The minimum Gasteiger partial charge on any atom is -0.372 e. The summed E-state index contributed by atoms with van der Waals surface area (Å²) < 4.78 is 0. The Balaban J connectivity index is 1.42. The van der Waals surface area contributed by atoms with E-state index in [1.165, 1.54) is 18.5 Å². The van der Waals surface area contributed by atoms with E-state index in [9.17, 15) is 4.79 Å². The van der Waals surface area contributed by atoms with Crippen LogP contribution in [0.5, 0.6) is 0 Å². The number of nitrogens with one attached hydrogen (secondary N) is 2. The third kappa shape index (κ3) is 4.26. The SMILES string of the molecule is O=C(Nc1ccc(N2CCCC2)cc1)c1cncc(Nc2ccccc2)c1. The van der Waals surface area contributed by atoms with Gasteiger partial charge in [0.2, 0.25) is 0 Å². The van der Waals surface area contributed by atoms with Gasteiger partial charge in [-0.05, 0) is 55.3 Å². The molecule has 1 saturated heterocycles. The van der Waals surface area contributed by atoms with E-state index >= 15 is 0 Å². The van der Waals surface area contributed by atoms with E-state index < -0.39 is 0 Å². The molecule has 5 nitrogen and oxygen atoms in total. The van der Waals surface area contributed by atoms with Crippen LogP contribution in [-0.2, 0) is 0 Å². The number of pyridine rings is 1. The van der Waals surface area contributed by atoms with Crippen molar-refractivity contribution >= 4 is 28.7 Å². The number of anilines is 4. The maximum Gasteiger partial charge on any atom is 0.257 e. The minimum atomic E-state index is -0.173. The zero-order valence-electron chi connectivity index (χ0n) is 15.1. The molecular weight excluding hydrogens is 336 g/mol. The number of para-hydroxylation sites is 1. The number of rotatable bonds is 5. The van der Waals surface area contributed by atoms with Crippen LogP contribution in [0.4, 0.5) is 22.7 Å². The lowest BCUT2D eigenvalue weighted by atomic mass is 10.2. The van der Waals surface area contributed by atoms with Crippen LogP contribution in [0.25, 0.3) is 0 Å². The molecule has 1 aliphatic rings. The molecule has 4 rings (SSSR count). The molecule has 5 heteroatoms. The molecule has 1 aliphatic heterocycles. The van der Waals surface area contributed by atoms with Gasteiger partial charge in [0.15, 0.2) is 0 Å². The summed E-state index contributed by atoms with van der Waals surface area (Å²) in [6.07, 6.45) is 5.77. The summed E-state index contributed by atoms with van der Waals surface area (Å²) in [5.74, 6) is -0.173. The zero-order chi connectivity index (χ0) is 18.5. The van der Waals surface area contributed by atoms with Crippen molar-refractivity contribution in [2.45, 2.75) is 12.8 Å². The van der Waals surface area contributed by atoms with Crippen molar-refractivity contribution < 1.29 is 4.79 Å². The molecule has 0 bridgehead atoms. The lowest BCUT2D eigenvalue weighted by molar-refractivity contribution is 0.102. The number of carbonyl (C=O) groups excluding carboxylic acids is 1. The molecule has 2 heterocycles. The molecule has 1 fully saturated rings. The molecule has 2 N–H and O–H groups in total. The molecule has 0 spiro atoms. The first-order valence-electron chi connectivity index (χ1n) is 9.21. The Morgan fingerprint density at radius 3 is 2.33 bits per heavy atom. The molecule has 1 amide bonds. The van der Waals surface area contributed by atoms with Crippen molar-refractivity contribution in [2.24, 2.45) is 0 Å². The Morgan fingerprint density at radius 1 is 0.852 bits per heavy atom. The summed E-state index contributed by atoms with van der Waals surface area (Å²) in [4.78, 5) is 19.1. The fourth-order valence-corrected chi connectivity index (χ4v) is 3.25. The molecular formula is C22H22N4O. The second-order valence-corrected chi connectivity index (χ2v) is 6.65. The van der Waals surface area contributed by atoms with Crippen LogP contribution in [-0.4, -0.2) is 24.0 Å². The number of nitrogens with zero attached hydrogens (tertiary/aromatic N) is 2. The standard InChI is InChI=1S/C22H22N4O/c27-22(25-19-8-10-21(11-9-19)26-12-4-5-13-26)17-14-20(16-23-15-17)24-18-6-2-1-3-7-18/h1-3,6-11,14-16,24H,4-5,12-13H2,(H,25,27). The smallest absolute Gasteiger partial charge is 0.257 e. The molecule has 3 aromatic rings. The Bertz CT molecular complexity index is 903. The van der Waals surface area contributed by atoms with Crippen LogP contribution in [0.1, 0.15) is 23.2 Å². The monoisotopic (exact) mass is 358 g/mol. The maximum atomic E-state index is 12.6. The van der Waals surface area contributed by atoms with E-state index in [0.29, 0.717) is 5.56 Å². The third-order valence-corrected chi connectivity index (χ3v) is 4.66. The van der Waals surface area contributed by atoms with Gasteiger partial charge in [-0.1, -0.05) is 18.2 Å². The molecule has 0 unspecified atom stereocenters. The fourth-order valence-electron chi connectivity index (χ4n) is 3.25. The predicted octanol–water partition coefficient (Wildman–Crippen LogP) is 4.68. The summed E-state index contributed by atoms with van der Waals surface area (Å²) in [6.45, 7) is 2.22. The van der Waals surface area contributed by atoms with Gasteiger partial charge < -0.3 is 15.5 Å². The molecule has 136 valence electrons. The molecule has 0 radical (unpaired) electrons. The van der Waals surface area contributed by atoms with Crippen LogP contribution in [0, 0.1) is 0 Å². The number of carbonyl (C=O) groups is 1. The predicted molar refractivity (Wildman–Crippen MR) is 110 cm³/mol. The highest BCUT2D eigenvalue weighted by molar-refractivity contribution is 6.04. The van der Waals surface area contributed by atoms with Crippen molar-refractivity contribution in [3.8, 4) is 0 Å². The largest absolute Gasteiger partial charge is 0.372 e. The second-order valence-electron chi connectivity index (χ2n) is 6.65. The van der Waals surface area contributed by atoms with Crippen LogP contribution in [0.3, 0.4) is 0 Å². The lowest BCUT2D eigenvalue weighted by Crippen LogP contribution is -2.17. The molecule has 0 atom stereocenters. The summed E-state index contributed by atoms with van der Waals surface area (Å²) in [6, 6.07) is 19.6. The van der Waals surface area contributed by atoms with Gasteiger partial charge in [-0.25, -0.2) is 0 Å². The summed E-state index contributed by atoms with van der Waals surface area (Å²) in [7, 11) is 0. The number of amides is 1. The Kier molecular flexibility index (Phi) is 5.01. The Morgan fingerprint density at radius 2 is 1.59 bits per heavy atom. The van der Waals surface area contributed by atoms with E-state index in [0.717, 1.165) is 30.2 Å². The molecule has 1 aromatic heterocycles. The van der Waals surface area contributed by atoms with Crippen LogP contribution in [0.2, 0.25) is 0 Å². The van der Waals surface area contributed by atoms with Gasteiger partial charge in [-0.2, -0.15) is 0 Å². The van der Waals surface area contributed by atoms with Crippen LogP contribution in [0.15, 0.2) is 73.1 Å². The van der Waals surface area contributed by atoms with Gasteiger partial charge in [0.1, 0.15) is 0 Å². The summed E-state index contributed by atoms with van der Waals surface area (Å²) >= 11 is 0. The maximum absolute atomic E-state index is 12.6. The van der Waals surface area contributed by atoms with E-state index in [4.69, 9.17) is 0 Å². The van der Waals surface area contributed by atoms with Crippen LogP contribution < -0.4 is 15.5 Å². The van der Waals surface area contributed by atoms with E-state index in [2.05, 4.69) is 32.7 Å². The second kappa shape index (κ2) is 7.91. The van der Waals surface area contributed by atoms with Gasteiger partial charge in [-0.3, -0.25) is 9.78 Å². The van der Waals surface area contributed by atoms with Crippen molar-refractivity contribution in [2.75, 3.05) is 28.6 Å². The van der Waals surface area contributed by atoms with Crippen molar-refractivity contribution in [3.63, 3.8) is 0 Å². The lowest BCUT2D eigenvalue weighted by Gasteiger charge is -2.17. The van der Waals surface area contributed by atoms with E-state index in [1.807, 2.05) is 42.5 Å². The quantitative estimate of drug-likeness (QED) is 0.695. The number of hydrogen-bond acceptors (Lipinski definition) is 4. The number of benzene rings is 2. The number of hydrogen-bond donors (Lipinski definition) is 2. The zero-order valence-corrected chi connectivity index (χ0v) is 15.1. The van der Waals surface area contributed by atoms with E-state index in [1.54, 1.807) is 18.5 Å². The van der Waals surface area contributed by atoms with Gasteiger partial charge in [-0.15, -0.1) is 0 Å². The average molecular weight is 358 g/mol. The first kappa shape index (κ1) is 17.1. The first-order valence-corrected chi connectivity index (χ1v) is 9.21. The fraction of sp³-hybridized carbons (Fsp3) is 0.182. The topological polar surface area (TPSA) is 57.3 Å². The normalized spacial score (nSPS) is 13.4. The Hall–Kier alpha value is -3.34. The van der Waals surface area contributed by atoms with Gasteiger partial charge >= 0.3 is 0 Å². The molecule has 2 aromatic carbocycles. The highest BCUT2D eigenvalue weighted by atomic mass is 16.1. The Labute approximate surface area is 159 Å². The highest BCUT2D eigenvalue weighted by Gasteiger charge is 2.12. The van der Waals surface area contributed by atoms with Gasteiger partial charge in [0.25, 0.3) is 5.91 Å². The molecule has 0 saturated carbocycles. The van der Waals surface area contributed by atoms with Crippen molar-refractivity contribution in [1.82, 2.24) is 4.98 Å². The summed E-state index contributed by atoms with van der Waals surface area (Å²) in [5, 5.41) is 6.20. The average Bonchev–Trinajstić information content (AvgIpc) is 3.24. The molecule has 0 aliphatic carbocycles. The highest BCUT2D eigenvalue weighted by Crippen LogP contribution is 2.22. The van der Waals surface area contributed by atoms with Crippen LogP contribution >= 0.6 is 0 Å². The first-order chi connectivity index (χ1) is 13.3. The van der Waals surface area contributed by atoms with Crippen molar-refractivity contribution in [3.05, 3.63) is 78.6 Å². The van der Waals surface area contributed by atoms with Gasteiger partial charge in [0, 0.05) is 36.3 Å². The number of aromatic nitrogens is 1. The molecule has 27 heavy (non-hydrogen) atoms. The summed E-state index contributed by atoms with van der Waals surface area (Å²) in [5.41, 5.74) is 4.23. The minimum absolute atomic E-state index is 0.173. The van der Waals surface area contributed by atoms with Gasteiger partial charge in [0.05, 0.1) is 17.4 Å². The van der Waals surface area contributed by atoms with E-state index in [-0.39, 0.29) is 5.91 Å².